The van der Waals surface area contributed by atoms with Crippen LogP contribution in [0.5, 0.6) is 0 Å². The predicted molar refractivity (Wildman–Crippen MR) is 98.0 cm³/mol. The molecule has 4 aliphatic rings. The topological polar surface area (TPSA) is 101 Å². The molecule has 1 saturated carbocycles. The third-order valence-corrected chi connectivity index (χ3v) is 6.43. The van der Waals surface area contributed by atoms with Gasteiger partial charge < -0.3 is 25.1 Å². The van der Waals surface area contributed by atoms with Crippen molar-refractivity contribution in [2.24, 2.45) is 5.92 Å². The van der Waals surface area contributed by atoms with Crippen molar-refractivity contribution in [3.05, 3.63) is 34.9 Å². The van der Waals surface area contributed by atoms with Gasteiger partial charge in [-0.15, -0.1) is 11.6 Å². The van der Waals surface area contributed by atoms with Crippen LogP contribution in [0.25, 0.3) is 0 Å². The van der Waals surface area contributed by atoms with Gasteiger partial charge in [0.2, 0.25) is 0 Å². The van der Waals surface area contributed by atoms with Gasteiger partial charge in [-0.2, -0.15) is 0 Å². The maximum Gasteiger partial charge on any atom is 0.341 e. The molecule has 7 nitrogen and oxygen atoms in total. The SMILES string of the molecule is O=C(O)C1=CN(C2CC2)C2C(=CC(F)=C(N3CC[C@@H](C(O)CO)C3)C2Cl)C1=O. The summed E-state index contributed by atoms with van der Waals surface area (Å²) in [6, 6.07) is -0.539. The van der Waals surface area contributed by atoms with E-state index in [1.807, 2.05) is 0 Å². The Labute approximate surface area is 166 Å². The molecule has 152 valence electrons. The third-order valence-electron chi connectivity index (χ3n) is 5.99. The summed E-state index contributed by atoms with van der Waals surface area (Å²) in [7, 11) is 0. The first kappa shape index (κ1) is 19.4. The van der Waals surface area contributed by atoms with Gasteiger partial charge in [-0.05, 0) is 25.3 Å². The molecule has 0 aromatic rings. The fourth-order valence-corrected chi connectivity index (χ4v) is 4.85. The summed E-state index contributed by atoms with van der Waals surface area (Å²) >= 11 is 6.69. The van der Waals surface area contributed by atoms with Crippen molar-refractivity contribution in [1.29, 1.82) is 0 Å². The number of carboxylic acids is 1. The Morgan fingerprint density at radius 1 is 1.36 bits per heavy atom. The molecule has 1 saturated heterocycles. The van der Waals surface area contributed by atoms with E-state index in [1.165, 1.54) is 6.20 Å². The van der Waals surface area contributed by atoms with E-state index in [0.717, 1.165) is 18.9 Å². The molecule has 0 aromatic carbocycles. The largest absolute Gasteiger partial charge is 0.477 e. The molecule has 0 aromatic heterocycles. The summed E-state index contributed by atoms with van der Waals surface area (Å²) in [5.41, 5.74) is -0.0466. The predicted octanol–water partition coefficient (Wildman–Crippen LogP) is 0.774. The Morgan fingerprint density at radius 3 is 2.68 bits per heavy atom. The second kappa shape index (κ2) is 7.17. The summed E-state index contributed by atoms with van der Waals surface area (Å²) in [4.78, 5) is 27.6. The number of likely N-dealkylation sites (tertiary alicyclic amines) is 1. The molecule has 4 atom stereocenters. The molecule has 3 unspecified atom stereocenters. The molecule has 2 heterocycles. The standard InChI is InChI=1S/C19H22ClFN2O5/c20-15-16-11(18(26)12(19(27)28)7-23(16)10-1-2-10)5-13(21)17(15)22-4-3-9(6-22)14(25)8-24/h5,7,9-10,14-16,24-25H,1-4,6,8H2,(H,27,28)/t9-,14?,15?,16?/m1/s1. The molecular weight excluding hydrogens is 391 g/mol. The molecule has 0 radical (unpaired) electrons. The molecule has 2 fully saturated rings. The lowest BCUT2D eigenvalue weighted by Gasteiger charge is -2.43. The third kappa shape index (κ3) is 3.13. The van der Waals surface area contributed by atoms with Gasteiger partial charge in [-0.25, -0.2) is 9.18 Å². The van der Waals surface area contributed by atoms with Crippen molar-refractivity contribution >= 4 is 23.4 Å². The number of aliphatic carboxylic acids is 1. The molecule has 28 heavy (non-hydrogen) atoms. The number of hydrogen-bond donors (Lipinski definition) is 3. The highest BCUT2D eigenvalue weighted by Crippen LogP contribution is 2.44. The van der Waals surface area contributed by atoms with Gasteiger partial charge in [-0.3, -0.25) is 4.79 Å². The highest BCUT2D eigenvalue weighted by atomic mass is 35.5. The fraction of sp³-hybridized carbons (Fsp3) is 0.579. The number of aliphatic hydroxyl groups excluding tert-OH is 2. The molecule has 2 aliphatic carbocycles. The molecular formula is C19H22ClFN2O5. The number of hydrogen-bond acceptors (Lipinski definition) is 6. The number of carboxylic acid groups (broad SMARTS) is 1. The number of rotatable bonds is 5. The Bertz CT molecular complexity index is 806. The maximum atomic E-state index is 15.0. The number of Topliss-reactive ketones (excluding diaryl/α,β-unsaturated/α-hetero) is 1. The summed E-state index contributed by atoms with van der Waals surface area (Å²) in [5, 5.41) is 27.5. The highest BCUT2D eigenvalue weighted by Gasteiger charge is 2.49. The van der Waals surface area contributed by atoms with Gasteiger partial charge in [0.15, 0.2) is 5.78 Å². The Balaban J connectivity index is 1.68. The molecule has 3 N–H and O–H groups in total. The van der Waals surface area contributed by atoms with E-state index in [1.54, 1.807) is 9.80 Å². The number of ketones is 1. The van der Waals surface area contributed by atoms with Crippen molar-refractivity contribution in [2.75, 3.05) is 19.7 Å². The van der Waals surface area contributed by atoms with E-state index in [9.17, 15) is 19.8 Å². The van der Waals surface area contributed by atoms with E-state index in [4.69, 9.17) is 16.7 Å². The van der Waals surface area contributed by atoms with Crippen LogP contribution in [0, 0.1) is 5.92 Å². The highest BCUT2D eigenvalue weighted by molar-refractivity contribution is 6.28. The fourth-order valence-electron chi connectivity index (χ4n) is 4.34. The van der Waals surface area contributed by atoms with Crippen molar-refractivity contribution in [3.8, 4) is 0 Å². The van der Waals surface area contributed by atoms with Gasteiger partial charge >= 0.3 is 5.97 Å². The van der Waals surface area contributed by atoms with Gasteiger partial charge in [0.05, 0.1) is 24.4 Å². The number of aliphatic hydroxyl groups is 2. The van der Waals surface area contributed by atoms with Gasteiger partial charge in [0, 0.05) is 36.8 Å². The molecule has 4 rings (SSSR count). The first-order valence-electron chi connectivity index (χ1n) is 9.40. The molecule has 0 spiro atoms. The first-order valence-corrected chi connectivity index (χ1v) is 9.83. The normalized spacial score (nSPS) is 31.6. The first-order chi connectivity index (χ1) is 13.3. The number of halogens is 2. The van der Waals surface area contributed by atoms with E-state index >= 15 is 4.39 Å². The smallest absolute Gasteiger partial charge is 0.341 e. The lowest BCUT2D eigenvalue weighted by Crippen LogP contribution is -2.51. The van der Waals surface area contributed by atoms with E-state index in [-0.39, 0.29) is 35.4 Å². The Hall–Kier alpha value is -1.90. The van der Waals surface area contributed by atoms with Crippen molar-refractivity contribution < 1.29 is 29.3 Å². The van der Waals surface area contributed by atoms with E-state index in [2.05, 4.69) is 0 Å². The lowest BCUT2D eigenvalue weighted by atomic mass is 9.85. The number of nitrogens with zero attached hydrogens (tertiary/aromatic N) is 2. The summed E-state index contributed by atoms with van der Waals surface area (Å²) in [6.45, 7) is 0.484. The minimum atomic E-state index is -1.34. The molecule has 9 heteroatoms. The van der Waals surface area contributed by atoms with E-state index in [0.29, 0.717) is 19.5 Å². The van der Waals surface area contributed by atoms with Gasteiger partial charge in [0.25, 0.3) is 0 Å². The number of carbonyl (C=O) groups is 2. The van der Waals surface area contributed by atoms with Crippen LogP contribution in [-0.4, -0.2) is 80.1 Å². The van der Waals surface area contributed by atoms with Crippen LogP contribution >= 0.6 is 11.6 Å². The van der Waals surface area contributed by atoms with Crippen molar-refractivity contribution in [1.82, 2.24) is 9.80 Å². The number of fused-ring (bicyclic) bond motifs is 1. The second-order valence-corrected chi connectivity index (χ2v) is 8.25. The molecule has 2 aliphatic heterocycles. The summed E-state index contributed by atoms with van der Waals surface area (Å²) in [6.07, 6.45) is 3.91. The zero-order chi connectivity index (χ0) is 20.2. The van der Waals surface area contributed by atoms with Crippen LogP contribution in [0.15, 0.2) is 34.9 Å². The van der Waals surface area contributed by atoms with Gasteiger partial charge in [-0.1, -0.05) is 0 Å². The number of carbonyl (C=O) groups excluding carboxylic acids is 1. The van der Waals surface area contributed by atoms with Crippen LogP contribution in [-0.2, 0) is 9.59 Å². The zero-order valence-electron chi connectivity index (χ0n) is 15.1. The monoisotopic (exact) mass is 412 g/mol. The van der Waals surface area contributed by atoms with E-state index < -0.39 is 35.1 Å². The Morgan fingerprint density at radius 2 is 2.07 bits per heavy atom. The minimum Gasteiger partial charge on any atom is -0.477 e. The molecule has 0 bridgehead atoms. The number of alkyl halides is 1. The lowest BCUT2D eigenvalue weighted by molar-refractivity contribution is -0.134. The maximum absolute atomic E-state index is 15.0. The zero-order valence-corrected chi connectivity index (χ0v) is 15.8. The van der Waals surface area contributed by atoms with Crippen molar-refractivity contribution in [2.45, 2.75) is 42.8 Å². The van der Waals surface area contributed by atoms with Crippen LogP contribution in [0.2, 0.25) is 0 Å². The molecule has 0 amide bonds. The average molecular weight is 413 g/mol. The Kier molecular flexibility index (Phi) is 4.97. The second-order valence-electron chi connectivity index (χ2n) is 7.78. The number of allylic oxidation sites excluding steroid dienone is 2. The van der Waals surface area contributed by atoms with Gasteiger partial charge in [0.1, 0.15) is 16.8 Å². The quantitative estimate of drug-likeness (QED) is 0.453. The summed E-state index contributed by atoms with van der Waals surface area (Å²) < 4.78 is 15.0. The van der Waals surface area contributed by atoms with Crippen LogP contribution in [0.3, 0.4) is 0 Å². The van der Waals surface area contributed by atoms with Crippen LogP contribution in [0.4, 0.5) is 4.39 Å². The minimum absolute atomic E-state index is 0.0687. The summed E-state index contributed by atoms with van der Waals surface area (Å²) in [5.74, 6) is -2.88. The van der Waals surface area contributed by atoms with Crippen LogP contribution < -0.4 is 0 Å². The van der Waals surface area contributed by atoms with Crippen molar-refractivity contribution in [3.63, 3.8) is 0 Å². The average Bonchev–Trinajstić information content (AvgIpc) is 3.39. The van der Waals surface area contributed by atoms with Crippen LogP contribution in [0.1, 0.15) is 19.3 Å².